The fourth-order valence-corrected chi connectivity index (χ4v) is 3.01. The number of amides is 1. The van der Waals surface area contributed by atoms with Gasteiger partial charge in [-0.05, 0) is 23.9 Å². The maximum absolute atomic E-state index is 12.4. The summed E-state index contributed by atoms with van der Waals surface area (Å²) in [4.78, 5) is 23.3. The summed E-state index contributed by atoms with van der Waals surface area (Å²) < 4.78 is 5.62. The van der Waals surface area contributed by atoms with Gasteiger partial charge in [-0.1, -0.05) is 30.3 Å². The number of carbonyl (C=O) groups excluding carboxylic acids is 1. The summed E-state index contributed by atoms with van der Waals surface area (Å²) in [7, 11) is 0. The molecule has 0 atom stereocenters. The summed E-state index contributed by atoms with van der Waals surface area (Å²) in [5, 5.41) is 2.78. The van der Waals surface area contributed by atoms with Crippen molar-refractivity contribution in [3.63, 3.8) is 0 Å². The number of likely N-dealkylation sites (N-methyl/N-ethyl adjacent to an activating group) is 1. The molecule has 0 aliphatic heterocycles. The zero-order valence-corrected chi connectivity index (χ0v) is 13.6. The summed E-state index contributed by atoms with van der Waals surface area (Å²) in [6, 6.07) is 11.8. The summed E-state index contributed by atoms with van der Waals surface area (Å²) in [5.74, 6) is 0.402. The Balaban J connectivity index is 1.64. The molecule has 6 heteroatoms. The monoisotopic (exact) mass is 327 g/mol. The van der Waals surface area contributed by atoms with Gasteiger partial charge in [0.2, 0.25) is 5.88 Å². The van der Waals surface area contributed by atoms with Crippen LogP contribution in [0.4, 0.5) is 0 Å². The molecule has 0 aliphatic carbocycles. The summed E-state index contributed by atoms with van der Waals surface area (Å²) in [6.45, 7) is 3.15. The van der Waals surface area contributed by atoms with Crippen molar-refractivity contribution in [2.75, 3.05) is 13.2 Å². The van der Waals surface area contributed by atoms with E-state index in [0.29, 0.717) is 19.0 Å². The predicted octanol–water partition coefficient (Wildman–Crippen LogP) is 3.12. The topological polar surface area (TPSA) is 55.3 Å². The minimum absolute atomic E-state index is 0.0252. The van der Waals surface area contributed by atoms with E-state index in [1.807, 2.05) is 48.7 Å². The molecule has 3 aromatic rings. The fourth-order valence-electron chi connectivity index (χ4n) is 2.28. The van der Waals surface area contributed by atoms with Crippen molar-refractivity contribution in [3.8, 4) is 5.88 Å². The van der Waals surface area contributed by atoms with Crippen LogP contribution in [-0.4, -0.2) is 33.9 Å². The standard InChI is InChI=1S/C17H17N3O2S/c1-2-20(10-13-6-4-3-5-7-13)15(21)11-22-16-14-8-9-23-17(14)19-12-18-16/h3-9,12H,2,10-11H2,1H3. The molecule has 0 fully saturated rings. The number of ether oxygens (including phenoxy) is 1. The first-order valence-corrected chi connectivity index (χ1v) is 8.28. The van der Waals surface area contributed by atoms with E-state index < -0.39 is 0 Å². The Morgan fingerprint density at radius 2 is 2.04 bits per heavy atom. The molecule has 1 aromatic carbocycles. The number of hydrogen-bond acceptors (Lipinski definition) is 5. The van der Waals surface area contributed by atoms with Gasteiger partial charge in [-0.2, -0.15) is 0 Å². The summed E-state index contributed by atoms with van der Waals surface area (Å²) >= 11 is 1.52. The third kappa shape index (κ3) is 3.65. The number of benzene rings is 1. The first-order chi connectivity index (χ1) is 11.3. The number of hydrogen-bond donors (Lipinski definition) is 0. The molecule has 5 nitrogen and oxygen atoms in total. The minimum atomic E-state index is -0.0571. The van der Waals surface area contributed by atoms with Crippen LogP contribution < -0.4 is 4.74 Å². The Hall–Kier alpha value is -2.47. The number of rotatable bonds is 6. The molecule has 2 heterocycles. The van der Waals surface area contributed by atoms with E-state index in [0.717, 1.165) is 15.8 Å². The van der Waals surface area contributed by atoms with Gasteiger partial charge >= 0.3 is 0 Å². The molecule has 23 heavy (non-hydrogen) atoms. The Morgan fingerprint density at radius 3 is 2.83 bits per heavy atom. The van der Waals surface area contributed by atoms with Crippen molar-refractivity contribution in [1.29, 1.82) is 0 Å². The van der Waals surface area contributed by atoms with E-state index in [9.17, 15) is 4.79 Å². The maximum atomic E-state index is 12.4. The lowest BCUT2D eigenvalue weighted by Crippen LogP contribution is -2.34. The van der Waals surface area contributed by atoms with Crippen LogP contribution in [-0.2, 0) is 11.3 Å². The van der Waals surface area contributed by atoms with Crippen LogP contribution in [0.2, 0.25) is 0 Å². The molecule has 0 radical (unpaired) electrons. The predicted molar refractivity (Wildman–Crippen MR) is 90.4 cm³/mol. The van der Waals surface area contributed by atoms with E-state index in [-0.39, 0.29) is 12.5 Å². The molecule has 0 saturated heterocycles. The molecular weight excluding hydrogens is 310 g/mol. The van der Waals surface area contributed by atoms with E-state index >= 15 is 0 Å². The second kappa shape index (κ2) is 7.19. The SMILES string of the molecule is CCN(Cc1ccccc1)C(=O)COc1ncnc2sccc12. The zero-order valence-electron chi connectivity index (χ0n) is 12.8. The van der Waals surface area contributed by atoms with Crippen molar-refractivity contribution in [2.24, 2.45) is 0 Å². The second-order valence-electron chi connectivity index (χ2n) is 5.00. The van der Waals surface area contributed by atoms with Crippen molar-refractivity contribution >= 4 is 27.5 Å². The highest BCUT2D eigenvalue weighted by molar-refractivity contribution is 7.16. The zero-order chi connectivity index (χ0) is 16.1. The van der Waals surface area contributed by atoms with Crippen molar-refractivity contribution in [1.82, 2.24) is 14.9 Å². The summed E-state index contributed by atoms with van der Waals surface area (Å²) in [5.41, 5.74) is 1.10. The molecule has 0 spiro atoms. The van der Waals surface area contributed by atoms with Crippen LogP contribution in [0.1, 0.15) is 12.5 Å². The third-order valence-corrected chi connectivity index (χ3v) is 4.33. The second-order valence-corrected chi connectivity index (χ2v) is 5.90. The molecule has 0 N–H and O–H groups in total. The van der Waals surface area contributed by atoms with E-state index in [4.69, 9.17) is 4.74 Å². The Labute approximate surface area is 138 Å². The quantitative estimate of drug-likeness (QED) is 0.698. The maximum Gasteiger partial charge on any atom is 0.260 e. The molecule has 2 aromatic heterocycles. The molecule has 0 unspecified atom stereocenters. The van der Waals surface area contributed by atoms with Gasteiger partial charge in [0.05, 0.1) is 5.39 Å². The Kier molecular flexibility index (Phi) is 4.83. The highest BCUT2D eigenvalue weighted by Crippen LogP contribution is 2.25. The molecular formula is C17H17N3O2S. The Bertz CT molecular complexity index is 789. The van der Waals surface area contributed by atoms with Gasteiger partial charge in [0.1, 0.15) is 11.2 Å². The van der Waals surface area contributed by atoms with Crippen LogP contribution in [0, 0.1) is 0 Å². The van der Waals surface area contributed by atoms with E-state index in [1.54, 1.807) is 4.90 Å². The lowest BCUT2D eigenvalue weighted by Gasteiger charge is -2.21. The third-order valence-electron chi connectivity index (χ3n) is 3.51. The first kappa shape index (κ1) is 15.4. The van der Waals surface area contributed by atoms with Crippen LogP contribution in [0.25, 0.3) is 10.2 Å². The smallest absolute Gasteiger partial charge is 0.260 e. The average molecular weight is 327 g/mol. The van der Waals surface area contributed by atoms with Crippen LogP contribution >= 0.6 is 11.3 Å². The molecule has 3 rings (SSSR count). The van der Waals surface area contributed by atoms with Gasteiger partial charge < -0.3 is 9.64 Å². The van der Waals surface area contributed by atoms with Crippen molar-refractivity contribution < 1.29 is 9.53 Å². The lowest BCUT2D eigenvalue weighted by atomic mass is 10.2. The average Bonchev–Trinajstić information content (AvgIpc) is 3.07. The van der Waals surface area contributed by atoms with Crippen LogP contribution in [0.15, 0.2) is 48.1 Å². The van der Waals surface area contributed by atoms with Crippen molar-refractivity contribution in [3.05, 3.63) is 53.7 Å². The largest absolute Gasteiger partial charge is 0.467 e. The van der Waals surface area contributed by atoms with Crippen molar-refractivity contribution in [2.45, 2.75) is 13.5 Å². The summed E-state index contributed by atoms with van der Waals surface area (Å²) in [6.07, 6.45) is 1.46. The number of fused-ring (bicyclic) bond motifs is 1. The van der Waals surface area contributed by atoms with Crippen LogP contribution in [0.3, 0.4) is 0 Å². The van der Waals surface area contributed by atoms with Gasteiger partial charge in [0.25, 0.3) is 5.91 Å². The fraction of sp³-hybridized carbons (Fsp3) is 0.235. The lowest BCUT2D eigenvalue weighted by molar-refractivity contribution is -0.133. The highest BCUT2D eigenvalue weighted by Gasteiger charge is 2.14. The van der Waals surface area contributed by atoms with E-state index in [1.165, 1.54) is 17.7 Å². The van der Waals surface area contributed by atoms with E-state index in [2.05, 4.69) is 9.97 Å². The van der Waals surface area contributed by atoms with Gasteiger partial charge in [-0.15, -0.1) is 11.3 Å². The molecule has 118 valence electrons. The Morgan fingerprint density at radius 1 is 1.22 bits per heavy atom. The number of carbonyl (C=O) groups is 1. The minimum Gasteiger partial charge on any atom is -0.467 e. The van der Waals surface area contributed by atoms with Gasteiger partial charge in [-0.25, -0.2) is 9.97 Å². The van der Waals surface area contributed by atoms with Crippen LogP contribution in [0.5, 0.6) is 5.88 Å². The van der Waals surface area contributed by atoms with Gasteiger partial charge in [0.15, 0.2) is 6.61 Å². The van der Waals surface area contributed by atoms with Gasteiger partial charge in [0, 0.05) is 13.1 Å². The number of thiophene rings is 1. The molecule has 0 saturated carbocycles. The van der Waals surface area contributed by atoms with Gasteiger partial charge in [-0.3, -0.25) is 4.79 Å². The molecule has 1 amide bonds. The molecule has 0 aliphatic rings. The molecule has 0 bridgehead atoms. The number of nitrogens with zero attached hydrogens (tertiary/aromatic N) is 3. The normalized spacial score (nSPS) is 10.7. The number of aromatic nitrogens is 2. The highest BCUT2D eigenvalue weighted by atomic mass is 32.1. The first-order valence-electron chi connectivity index (χ1n) is 7.40.